The number of methoxy groups -OCH3 is 1. The molecule has 2 N–H and O–H groups in total. The summed E-state index contributed by atoms with van der Waals surface area (Å²) < 4.78 is 21.0. The second kappa shape index (κ2) is 11.8. The monoisotopic (exact) mass is 569 g/mol. The molecule has 3 aromatic carbocycles. The molecule has 0 saturated heterocycles. The highest BCUT2D eigenvalue weighted by molar-refractivity contribution is 9.10. The highest BCUT2D eigenvalue weighted by Crippen LogP contribution is 2.24. The number of hydrogen-bond donors (Lipinski definition) is 2. The van der Waals surface area contributed by atoms with Crippen LogP contribution in [-0.2, 0) is 11.3 Å². The van der Waals surface area contributed by atoms with Crippen molar-refractivity contribution in [2.45, 2.75) is 11.7 Å². The molecule has 8 nitrogen and oxygen atoms in total. The summed E-state index contributed by atoms with van der Waals surface area (Å²) in [7, 11) is 1.54. The zero-order valence-corrected chi connectivity index (χ0v) is 21.5. The number of thioether (sulfide) groups is 1. The predicted octanol–water partition coefficient (Wildman–Crippen LogP) is 4.84. The number of benzene rings is 3. The molecule has 0 spiro atoms. The first-order chi connectivity index (χ1) is 17.4. The number of carbonyl (C=O) groups is 2. The van der Waals surface area contributed by atoms with Gasteiger partial charge in [0.05, 0.1) is 19.4 Å². The van der Waals surface area contributed by atoms with Crippen LogP contribution < -0.4 is 15.4 Å². The van der Waals surface area contributed by atoms with Gasteiger partial charge in [0, 0.05) is 21.4 Å². The third-order valence-electron chi connectivity index (χ3n) is 4.98. The number of rotatable bonds is 9. The average Bonchev–Trinajstić information content (AvgIpc) is 3.30. The lowest BCUT2D eigenvalue weighted by Gasteiger charge is -2.12. The summed E-state index contributed by atoms with van der Waals surface area (Å²) in [6, 6.07) is 19.9. The molecule has 0 aliphatic heterocycles. The molecule has 0 unspecified atom stereocenters. The Morgan fingerprint density at radius 3 is 2.53 bits per heavy atom. The zero-order valence-electron chi connectivity index (χ0n) is 19.1. The van der Waals surface area contributed by atoms with E-state index in [-0.39, 0.29) is 29.9 Å². The van der Waals surface area contributed by atoms with Gasteiger partial charge in [-0.25, -0.2) is 4.39 Å². The zero-order chi connectivity index (χ0) is 25.5. The number of aromatic nitrogens is 3. The van der Waals surface area contributed by atoms with Gasteiger partial charge in [0.15, 0.2) is 11.0 Å². The van der Waals surface area contributed by atoms with Crippen molar-refractivity contribution in [3.8, 4) is 11.4 Å². The fourth-order valence-electron chi connectivity index (χ4n) is 3.24. The lowest BCUT2D eigenvalue weighted by molar-refractivity contribution is -0.113. The Labute approximate surface area is 219 Å². The Morgan fingerprint density at radius 1 is 1.06 bits per heavy atom. The summed E-state index contributed by atoms with van der Waals surface area (Å²) in [4.78, 5) is 25.1. The average molecular weight is 570 g/mol. The maximum atomic E-state index is 13.1. The summed E-state index contributed by atoms with van der Waals surface area (Å²) >= 11 is 4.62. The van der Waals surface area contributed by atoms with Crippen LogP contribution in [0.5, 0.6) is 5.75 Å². The minimum absolute atomic E-state index is 0.0577. The lowest BCUT2D eigenvalue weighted by atomic mass is 10.2. The van der Waals surface area contributed by atoms with E-state index in [0.717, 1.165) is 10.2 Å². The van der Waals surface area contributed by atoms with Crippen LogP contribution in [0, 0.1) is 5.82 Å². The smallest absolute Gasteiger partial charge is 0.251 e. The van der Waals surface area contributed by atoms with E-state index in [1.807, 2.05) is 24.3 Å². The molecule has 4 aromatic rings. The lowest BCUT2D eigenvalue weighted by Crippen LogP contribution is -2.24. The quantitative estimate of drug-likeness (QED) is 0.280. The first kappa shape index (κ1) is 25.4. The van der Waals surface area contributed by atoms with Gasteiger partial charge in [-0.3, -0.25) is 14.2 Å². The van der Waals surface area contributed by atoms with Crippen molar-refractivity contribution < 1.29 is 18.7 Å². The summed E-state index contributed by atoms with van der Waals surface area (Å²) in [5.74, 6) is 0.198. The van der Waals surface area contributed by atoms with E-state index >= 15 is 0 Å². The molecule has 0 radical (unpaired) electrons. The van der Waals surface area contributed by atoms with Gasteiger partial charge in [-0.15, -0.1) is 10.2 Å². The van der Waals surface area contributed by atoms with E-state index in [4.69, 9.17) is 4.74 Å². The van der Waals surface area contributed by atoms with E-state index in [1.165, 1.54) is 43.1 Å². The summed E-state index contributed by atoms with van der Waals surface area (Å²) in [5, 5.41) is 14.6. The number of carbonyl (C=O) groups excluding carboxylic acids is 2. The second-order valence-corrected chi connectivity index (χ2v) is 9.33. The number of anilines is 1. The molecular weight excluding hydrogens is 549 g/mol. The molecule has 4 rings (SSSR count). The molecule has 11 heteroatoms. The minimum atomic E-state index is -0.379. The van der Waals surface area contributed by atoms with E-state index in [0.29, 0.717) is 28.0 Å². The third-order valence-corrected chi connectivity index (χ3v) is 6.44. The largest absolute Gasteiger partial charge is 0.497 e. The minimum Gasteiger partial charge on any atom is -0.497 e. The van der Waals surface area contributed by atoms with Gasteiger partial charge < -0.3 is 15.4 Å². The number of nitrogens with zero attached hydrogens (tertiary/aromatic N) is 3. The van der Waals surface area contributed by atoms with Crippen molar-refractivity contribution in [2.24, 2.45) is 0 Å². The third kappa shape index (κ3) is 6.49. The van der Waals surface area contributed by atoms with E-state index < -0.39 is 0 Å². The summed E-state index contributed by atoms with van der Waals surface area (Å²) in [6.07, 6.45) is 0. The van der Waals surface area contributed by atoms with Crippen molar-refractivity contribution in [3.63, 3.8) is 0 Å². The Kier molecular flexibility index (Phi) is 8.34. The highest BCUT2D eigenvalue weighted by Gasteiger charge is 2.17. The number of hydrogen-bond acceptors (Lipinski definition) is 6. The van der Waals surface area contributed by atoms with Gasteiger partial charge in [-0.2, -0.15) is 0 Å². The van der Waals surface area contributed by atoms with Crippen LogP contribution in [0.3, 0.4) is 0 Å². The molecule has 1 heterocycles. The highest BCUT2D eigenvalue weighted by atomic mass is 79.9. The Hall–Kier alpha value is -3.70. The van der Waals surface area contributed by atoms with Gasteiger partial charge >= 0.3 is 0 Å². The molecule has 0 fully saturated rings. The van der Waals surface area contributed by atoms with Crippen molar-refractivity contribution in [1.82, 2.24) is 20.1 Å². The fourth-order valence-corrected chi connectivity index (χ4v) is 4.28. The standard InChI is InChI=1S/C25H21BrFN5O3S/c1-35-21-4-2-3-16(13-21)24(34)28-14-22-30-31-25(32(22)20-11-5-17(26)6-12-20)36-15-23(33)29-19-9-7-18(27)8-10-19/h2-13H,14-15H2,1H3,(H,28,34)(H,29,33). The molecule has 0 atom stereocenters. The van der Waals surface area contributed by atoms with E-state index in [1.54, 1.807) is 28.8 Å². The van der Waals surface area contributed by atoms with Crippen molar-refractivity contribution >= 4 is 45.2 Å². The van der Waals surface area contributed by atoms with Crippen LogP contribution in [0.4, 0.5) is 10.1 Å². The number of amides is 2. The topological polar surface area (TPSA) is 98.1 Å². The van der Waals surface area contributed by atoms with E-state index in [9.17, 15) is 14.0 Å². The van der Waals surface area contributed by atoms with E-state index in [2.05, 4.69) is 36.8 Å². The molecule has 0 aliphatic carbocycles. The number of ether oxygens (including phenoxy) is 1. The van der Waals surface area contributed by atoms with Crippen molar-refractivity contribution in [3.05, 3.63) is 94.5 Å². The van der Waals surface area contributed by atoms with Crippen molar-refractivity contribution in [2.75, 3.05) is 18.2 Å². The summed E-state index contributed by atoms with van der Waals surface area (Å²) in [6.45, 7) is 0.113. The molecule has 2 amide bonds. The number of halogens is 2. The van der Waals surface area contributed by atoms with Crippen LogP contribution in [-0.4, -0.2) is 39.4 Å². The Bertz CT molecular complexity index is 1360. The molecule has 0 aliphatic rings. The van der Waals surface area contributed by atoms with Gasteiger partial charge in [0.25, 0.3) is 5.91 Å². The SMILES string of the molecule is COc1cccc(C(=O)NCc2nnc(SCC(=O)Nc3ccc(F)cc3)n2-c2ccc(Br)cc2)c1. The molecular formula is C25H21BrFN5O3S. The molecule has 0 bridgehead atoms. The van der Waals surface area contributed by atoms with Gasteiger partial charge in [-0.05, 0) is 66.7 Å². The Balaban J connectivity index is 1.49. The first-order valence-electron chi connectivity index (χ1n) is 10.7. The van der Waals surface area contributed by atoms with Gasteiger partial charge in [-0.1, -0.05) is 33.8 Å². The number of nitrogens with one attached hydrogen (secondary N) is 2. The van der Waals surface area contributed by atoms with Crippen LogP contribution in [0.1, 0.15) is 16.2 Å². The summed E-state index contributed by atoms with van der Waals surface area (Å²) in [5.41, 5.74) is 1.73. The van der Waals surface area contributed by atoms with Crippen LogP contribution in [0.2, 0.25) is 0 Å². The predicted molar refractivity (Wildman–Crippen MR) is 139 cm³/mol. The fraction of sp³-hybridized carbons (Fsp3) is 0.120. The van der Waals surface area contributed by atoms with Crippen LogP contribution >= 0.6 is 27.7 Å². The normalized spacial score (nSPS) is 10.6. The molecule has 1 aromatic heterocycles. The molecule has 36 heavy (non-hydrogen) atoms. The molecule has 0 saturated carbocycles. The second-order valence-electron chi connectivity index (χ2n) is 7.47. The van der Waals surface area contributed by atoms with Crippen LogP contribution in [0.25, 0.3) is 5.69 Å². The van der Waals surface area contributed by atoms with Crippen molar-refractivity contribution in [1.29, 1.82) is 0 Å². The van der Waals surface area contributed by atoms with Gasteiger partial charge in [0.2, 0.25) is 5.91 Å². The maximum Gasteiger partial charge on any atom is 0.251 e. The first-order valence-corrected chi connectivity index (χ1v) is 12.5. The maximum absolute atomic E-state index is 13.1. The Morgan fingerprint density at radius 2 is 1.81 bits per heavy atom. The van der Waals surface area contributed by atoms with Crippen LogP contribution in [0.15, 0.2) is 82.4 Å². The molecule has 184 valence electrons. The van der Waals surface area contributed by atoms with Gasteiger partial charge in [0.1, 0.15) is 11.6 Å².